The Kier molecular flexibility index (Phi) is 4.62. The van der Waals surface area contributed by atoms with E-state index in [-0.39, 0.29) is 17.6 Å². The van der Waals surface area contributed by atoms with Crippen molar-refractivity contribution in [3.8, 4) is 11.1 Å². The smallest absolute Gasteiger partial charge is 0.195 e. The number of nitrogens with zero attached hydrogens (tertiary/aromatic N) is 3. The number of halogens is 1. The van der Waals surface area contributed by atoms with Gasteiger partial charge in [-0.2, -0.15) is 0 Å². The zero-order valence-corrected chi connectivity index (χ0v) is 16.4. The fourth-order valence-corrected chi connectivity index (χ4v) is 3.46. The summed E-state index contributed by atoms with van der Waals surface area (Å²) in [6.07, 6.45) is 3.15. The van der Waals surface area contributed by atoms with Gasteiger partial charge >= 0.3 is 0 Å². The Morgan fingerprint density at radius 2 is 2.03 bits per heavy atom. The lowest BCUT2D eigenvalue weighted by molar-refractivity contribution is 0.104. The van der Waals surface area contributed by atoms with Gasteiger partial charge < -0.3 is 10.3 Å². The van der Waals surface area contributed by atoms with Crippen molar-refractivity contribution < 1.29 is 9.18 Å². The molecule has 0 aliphatic heterocycles. The minimum atomic E-state index is -0.450. The molecule has 0 saturated heterocycles. The van der Waals surface area contributed by atoms with E-state index in [1.165, 1.54) is 6.33 Å². The van der Waals surface area contributed by atoms with Gasteiger partial charge in [0.15, 0.2) is 5.78 Å². The zero-order valence-electron chi connectivity index (χ0n) is 16.4. The van der Waals surface area contributed by atoms with E-state index < -0.39 is 5.82 Å². The Labute approximate surface area is 168 Å². The molecule has 145 valence electrons. The third kappa shape index (κ3) is 3.27. The number of fused-ring (bicyclic) bond motifs is 1. The largest absolute Gasteiger partial charge is 0.383 e. The number of hydrogen-bond acceptors (Lipinski definition) is 4. The number of hydrogen-bond donors (Lipinski definition) is 1. The third-order valence-corrected chi connectivity index (χ3v) is 4.91. The SMILES string of the molecule is Cc1c[c]c(F)c(-c2cccc(C(=O)c3cn(C(C)C)c4ncnc(N)c34)c2)c1. The molecule has 5 nitrogen and oxygen atoms in total. The molecule has 4 aromatic rings. The summed E-state index contributed by atoms with van der Waals surface area (Å²) in [5.74, 6) is -0.405. The van der Waals surface area contributed by atoms with Crippen LogP contribution in [0, 0.1) is 18.8 Å². The van der Waals surface area contributed by atoms with Crippen molar-refractivity contribution in [1.29, 1.82) is 0 Å². The van der Waals surface area contributed by atoms with Crippen molar-refractivity contribution in [2.45, 2.75) is 26.8 Å². The van der Waals surface area contributed by atoms with Gasteiger partial charge in [0.25, 0.3) is 0 Å². The normalized spacial score (nSPS) is 11.3. The number of rotatable bonds is 4. The molecule has 0 bridgehead atoms. The Morgan fingerprint density at radius 1 is 1.24 bits per heavy atom. The van der Waals surface area contributed by atoms with Crippen LogP contribution < -0.4 is 5.73 Å². The summed E-state index contributed by atoms with van der Waals surface area (Å²) in [7, 11) is 0. The molecule has 2 aromatic carbocycles. The summed E-state index contributed by atoms with van der Waals surface area (Å²) in [6.45, 7) is 5.88. The molecule has 0 spiro atoms. The number of benzene rings is 2. The van der Waals surface area contributed by atoms with E-state index in [0.29, 0.717) is 33.3 Å². The Morgan fingerprint density at radius 3 is 2.79 bits per heavy atom. The lowest BCUT2D eigenvalue weighted by Crippen LogP contribution is -2.03. The van der Waals surface area contributed by atoms with Crippen LogP contribution in [0.25, 0.3) is 22.2 Å². The molecule has 2 aromatic heterocycles. The lowest BCUT2D eigenvalue weighted by Gasteiger charge is -2.07. The number of aromatic nitrogens is 3. The second kappa shape index (κ2) is 7.13. The van der Waals surface area contributed by atoms with Crippen LogP contribution in [0.5, 0.6) is 0 Å². The minimum Gasteiger partial charge on any atom is -0.383 e. The Bertz CT molecular complexity index is 1240. The molecular formula is C23H20FN4O. The molecule has 0 atom stereocenters. The van der Waals surface area contributed by atoms with Crippen molar-refractivity contribution in [3.05, 3.63) is 77.5 Å². The fourth-order valence-electron chi connectivity index (χ4n) is 3.46. The van der Waals surface area contributed by atoms with Gasteiger partial charge in [-0.3, -0.25) is 4.79 Å². The number of aryl methyl sites for hydroxylation is 1. The maximum absolute atomic E-state index is 14.3. The van der Waals surface area contributed by atoms with Gasteiger partial charge in [-0.25, -0.2) is 14.4 Å². The molecule has 0 aliphatic rings. The van der Waals surface area contributed by atoms with E-state index in [1.54, 1.807) is 42.6 Å². The molecule has 2 N–H and O–H groups in total. The molecule has 0 saturated carbocycles. The molecule has 0 amide bonds. The highest BCUT2D eigenvalue weighted by Crippen LogP contribution is 2.30. The van der Waals surface area contributed by atoms with Crippen LogP contribution in [-0.2, 0) is 0 Å². The summed E-state index contributed by atoms with van der Waals surface area (Å²) in [6, 6.07) is 13.0. The average molecular weight is 387 g/mol. The first-order chi connectivity index (χ1) is 13.9. The highest BCUT2D eigenvalue weighted by atomic mass is 19.1. The van der Waals surface area contributed by atoms with Gasteiger partial charge in [-0.1, -0.05) is 18.2 Å². The summed E-state index contributed by atoms with van der Waals surface area (Å²) in [5, 5.41) is 0.534. The van der Waals surface area contributed by atoms with Crippen LogP contribution in [0.2, 0.25) is 0 Å². The molecular weight excluding hydrogens is 367 g/mol. The predicted molar refractivity (Wildman–Crippen MR) is 111 cm³/mol. The number of ketones is 1. The number of carbonyl (C=O) groups is 1. The lowest BCUT2D eigenvalue weighted by atomic mass is 9.97. The third-order valence-electron chi connectivity index (χ3n) is 4.91. The second-order valence-corrected chi connectivity index (χ2v) is 7.32. The quantitative estimate of drug-likeness (QED) is 0.513. The van der Waals surface area contributed by atoms with Crippen molar-refractivity contribution in [1.82, 2.24) is 14.5 Å². The standard InChI is InChI=1S/C23H20FN4O/c1-13(2)28-11-18(20-22(25)26-12-27-23(20)28)21(29)16-6-4-5-15(10-16)17-9-14(3)7-8-19(17)24/h4-7,9-13H,1-3H3,(H2,25,26,27). The second-order valence-electron chi connectivity index (χ2n) is 7.32. The Balaban J connectivity index is 1.85. The maximum Gasteiger partial charge on any atom is 0.195 e. The topological polar surface area (TPSA) is 73.8 Å². The van der Waals surface area contributed by atoms with Crippen LogP contribution >= 0.6 is 0 Å². The maximum atomic E-state index is 14.3. The van der Waals surface area contributed by atoms with Crippen molar-refractivity contribution in [3.63, 3.8) is 0 Å². The van der Waals surface area contributed by atoms with E-state index in [2.05, 4.69) is 16.0 Å². The van der Waals surface area contributed by atoms with Crippen LogP contribution in [0.1, 0.15) is 41.4 Å². The number of nitrogens with two attached hydrogens (primary N) is 1. The van der Waals surface area contributed by atoms with Crippen LogP contribution in [0.3, 0.4) is 0 Å². The molecule has 0 aliphatic carbocycles. The fraction of sp³-hybridized carbons (Fsp3) is 0.174. The average Bonchev–Trinajstić information content (AvgIpc) is 3.11. The van der Waals surface area contributed by atoms with Gasteiger partial charge in [0.1, 0.15) is 23.6 Å². The molecule has 6 heteroatoms. The van der Waals surface area contributed by atoms with Gasteiger partial charge in [0, 0.05) is 29.4 Å². The van der Waals surface area contributed by atoms with E-state index >= 15 is 0 Å². The monoisotopic (exact) mass is 387 g/mol. The minimum absolute atomic E-state index is 0.0941. The molecule has 1 radical (unpaired) electrons. The summed E-state index contributed by atoms with van der Waals surface area (Å²) in [5.41, 5.74) is 9.48. The van der Waals surface area contributed by atoms with E-state index in [4.69, 9.17) is 5.73 Å². The van der Waals surface area contributed by atoms with Gasteiger partial charge in [-0.15, -0.1) is 0 Å². The molecule has 29 heavy (non-hydrogen) atoms. The first kappa shape index (κ1) is 18.8. The van der Waals surface area contributed by atoms with Crippen LogP contribution in [0.4, 0.5) is 10.2 Å². The number of carbonyl (C=O) groups excluding carboxylic acids is 1. The molecule has 2 heterocycles. The molecule has 0 fully saturated rings. The molecule has 4 rings (SSSR count). The highest BCUT2D eigenvalue weighted by Gasteiger charge is 2.21. The van der Waals surface area contributed by atoms with Crippen molar-refractivity contribution in [2.75, 3.05) is 5.73 Å². The molecule has 0 unspecified atom stereocenters. The first-order valence-corrected chi connectivity index (χ1v) is 9.30. The van der Waals surface area contributed by atoms with Gasteiger partial charge in [-0.05, 0) is 50.1 Å². The van der Waals surface area contributed by atoms with Gasteiger partial charge in [0.05, 0.1) is 10.9 Å². The van der Waals surface area contributed by atoms with Gasteiger partial charge in [0.2, 0.25) is 0 Å². The van der Waals surface area contributed by atoms with Crippen molar-refractivity contribution in [2.24, 2.45) is 0 Å². The summed E-state index contributed by atoms with van der Waals surface area (Å²) in [4.78, 5) is 21.7. The van der Waals surface area contributed by atoms with E-state index in [9.17, 15) is 9.18 Å². The first-order valence-electron chi connectivity index (χ1n) is 9.30. The predicted octanol–water partition coefficient (Wildman–Crippen LogP) is 4.74. The van der Waals surface area contributed by atoms with Crippen LogP contribution in [-0.4, -0.2) is 20.3 Å². The summed E-state index contributed by atoms with van der Waals surface area (Å²) < 4.78 is 16.2. The van der Waals surface area contributed by atoms with Crippen LogP contribution in [0.15, 0.2) is 48.9 Å². The van der Waals surface area contributed by atoms with E-state index in [0.717, 1.165) is 5.56 Å². The van der Waals surface area contributed by atoms with Crippen molar-refractivity contribution >= 4 is 22.6 Å². The number of anilines is 1. The van der Waals surface area contributed by atoms with E-state index in [1.807, 2.05) is 25.3 Å². The highest BCUT2D eigenvalue weighted by molar-refractivity contribution is 6.18. The zero-order chi connectivity index (χ0) is 20.7. The Hall–Kier alpha value is -3.54. The summed E-state index contributed by atoms with van der Waals surface area (Å²) >= 11 is 0. The number of nitrogen functional groups attached to an aromatic ring is 1.